The topological polar surface area (TPSA) is 90.5 Å². The quantitative estimate of drug-likeness (QED) is 0.718. The minimum Gasteiger partial charge on any atom is -0.346 e. The second kappa shape index (κ2) is 7.14. The second-order valence-electron chi connectivity index (χ2n) is 5.17. The van der Waals surface area contributed by atoms with Crippen LogP contribution in [-0.2, 0) is 14.4 Å². The number of hydrogen-bond donors (Lipinski definition) is 3. The van der Waals surface area contributed by atoms with Gasteiger partial charge in [0.25, 0.3) is 0 Å². The normalized spacial score (nSPS) is 17.7. The van der Waals surface area contributed by atoms with Crippen molar-refractivity contribution in [3.8, 4) is 0 Å². The van der Waals surface area contributed by atoms with Gasteiger partial charge in [-0.2, -0.15) is 0 Å². The Morgan fingerprint density at radius 2 is 2.04 bits per heavy atom. The molecule has 0 aromatic heterocycles. The molecule has 7 nitrogen and oxygen atoms in total. The zero-order chi connectivity index (χ0) is 17.0. The van der Waals surface area contributed by atoms with Crippen LogP contribution < -0.4 is 16.1 Å². The van der Waals surface area contributed by atoms with E-state index in [4.69, 9.17) is 0 Å². The van der Waals surface area contributed by atoms with E-state index in [-0.39, 0.29) is 30.7 Å². The van der Waals surface area contributed by atoms with Crippen LogP contribution >= 0.6 is 0 Å². The van der Waals surface area contributed by atoms with Gasteiger partial charge in [0.05, 0.1) is 13.1 Å². The Labute approximate surface area is 131 Å². The lowest BCUT2D eigenvalue weighted by atomic mass is 10.2. The molecule has 1 fully saturated rings. The highest BCUT2D eigenvalue weighted by Gasteiger charge is 2.27. The summed E-state index contributed by atoms with van der Waals surface area (Å²) in [6.07, 6.45) is 0.309. The number of amides is 3. The smallest absolute Gasteiger partial charge is 0.243 e. The standard InChI is InChI=1S/C14H16F2N4O3/c1-8-4-12(21)19-20(8)7-14(23)17-6-13(22)18-9-2-3-10(15)11(16)5-9/h2-3,5,8H,4,6-7H2,1H3,(H,17,23)(H,18,22)(H,19,21). The largest absolute Gasteiger partial charge is 0.346 e. The van der Waals surface area contributed by atoms with E-state index >= 15 is 0 Å². The summed E-state index contributed by atoms with van der Waals surface area (Å²) in [6, 6.07) is 2.83. The highest BCUT2D eigenvalue weighted by atomic mass is 19.2. The van der Waals surface area contributed by atoms with Gasteiger partial charge >= 0.3 is 0 Å². The third kappa shape index (κ3) is 4.71. The maximum Gasteiger partial charge on any atom is 0.243 e. The summed E-state index contributed by atoms with van der Waals surface area (Å²) in [5.74, 6) is -3.28. The molecule has 1 aliphatic heterocycles. The van der Waals surface area contributed by atoms with Gasteiger partial charge in [-0.15, -0.1) is 0 Å². The molecule has 1 saturated heterocycles. The highest BCUT2D eigenvalue weighted by Crippen LogP contribution is 2.12. The molecule has 0 bridgehead atoms. The number of hydrazine groups is 1. The first-order valence-electron chi connectivity index (χ1n) is 6.93. The number of benzene rings is 1. The first kappa shape index (κ1) is 16.8. The Morgan fingerprint density at radius 3 is 2.65 bits per heavy atom. The van der Waals surface area contributed by atoms with Crippen molar-refractivity contribution < 1.29 is 23.2 Å². The maximum atomic E-state index is 13.0. The van der Waals surface area contributed by atoms with Crippen molar-refractivity contribution in [2.45, 2.75) is 19.4 Å². The van der Waals surface area contributed by atoms with E-state index in [0.29, 0.717) is 6.42 Å². The van der Waals surface area contributed by atoms with E-state index in [1.165, 1.54) is 11.1 Å². The van der Waals surface area contributed by atoms with Gasteiger partial charge in [0.15, 0.2) is 11.6 Å². The van der Waals surface area contributed by atoms with Gasteiger partial charge in [-0.1, -0.05) is 0 Å². The zero-order valence-electron chi connectivity index (χ0n) is 12.4. The van der Waals surface area contributed by atoms with Crippen LogP contribution in [0.5, 0.6) is 0 Å². The first-order valence-corrected chi connectivity index (χ1v) is 6.93. The SMILES string of the molecule is CC1CC(=O)NN1CC(=O)NCC(=O)Nc1ccc(F)c(F)c1. The van der Waals surface area contributed by atoms with E-state index in [0.717, 1.165) is 12.1 Å². The first-order chi connectivity index (χ1) is 10.8. The van der Waals surface area contributed by atoms with E-state index in [9.17, 15) is 23.2 Å². The predicted octanol–water partition coefficient (Wildman–Crippen LogP) is 0.145. The lowest BCUT2D eigenvalue weighted by Crippen LogP contribution is -2.45. The number of carbonyl (C=O) groups excluding carboxylic acids is 3. The van der Waals surface area contributed by atoms with Gasteiger partial charge < -0.3 is 10.6 Å². The fourth-order valence-corrected chi connectivity index (χ4v) is 2.06. The number of carbonyl (C=O) groups is 3. The third-order valence-electron chi connectivity index (χ3n) is 3.24. The van der Waals surface area contributed by atoms with Crippen LogP contribution in [0.15, 0.2) is 18.2 Å². The van der Waals surface area contributed by atoms with E-state index in [1.807, 2.05) is 0 Å². The predicted molar refractivity (Wildman–Crippen MR) is 76.9 cm³/mol. The molecule has 0 radical (unpaired) electrons. The summed E-state index contributed by atoms with van der Waals surface area (Å²) in [6.45, 7) is 1.39. The van der Waals surface area contributed by atoms with Crippen LogP contribution in [0.1, 0.15) is 13.3 Å². The van der Waals surface area contributed by atoms with Crippen LogP contribution in [0.4, 0.5) is 14.5 Å². The Bertz CT molecular complexity index is 638. The molecule has 0 spiro atoms. The molecule has 1 unspecified atom stereocenters. The molecule has 1 aromatic rings. The number of nitrogens with one attached hydrogen (secondary N) is 3. The van der Waals surface area contributed by atoms with Crippen molar-refractivity contribution in [1.29, 1.82) is 0 Å². The number of rotatable bonds is 5. The van der Waals surface area contributed by atoms with Gasteiger partial charge in [0.2, 0.25) is 17.7 Å². The number of hydrogen-bond acceptors (Lipinski definition) is 4. The second-order valence-corrected chi connectivity index (χ2v) is 5.17. The average molecular weight is 326 g/mol. The van der Waals surface area contributed by atoms with Gasteiger partial charge in [0, 0.05) is 24.2 Å². The summed E-state index contributed by atoms with van der Waals surface area (Å²) in [5.41, 5.74) is 2.62. The fraction of sp³-hybridized carbons (Fsp3) is 0.357. The Balaban J connectivity index is 1.76. The van der Waals surface area contributed by atoms with E-state index in [1.54, 1.807) is 6.92 Å². The molecule has 3 N–H and O–H groups in total. The molecule has 0 saturated carbocycles. The minimum atomic E-state index is -1.08. The molecule has 1 aromatic carbocycles. The van der Waals surface area contributed by atoms with Crippen molar-refractivity contribution in [1.82, 2.24) is 15.8 Å². The molecule has 124 valence electrons. The molecular weight excluding hydrogens is 310 g/mol. The molecule has 3 amide bonds. The maximum absolute atomic E-state index is 13.0. The Morgan fingerprint density at radius 1 is 1.30 bits per heavy atom. The van der Waals surface area contributed by atoms with Crippen LogP contribution in [0, 0.1) is 11.6 Å². The minimum absolute atomic E-state index is 0.0780. The number of halogens is 2. The van der Waals surface area contributed by atoms with E-state index < -0.39 is 23.4 Å². The molecule has 2 rings (SSSR count). The molecule has 23 heavy (non-hydrogen) atoms. The Hall–Kier alpha value is -2.55. The van der Waals surface area contributed by atoms with Crippen LogP contribution in [0.25, 0.3) is 0 Å². The van der Waals surface area contributed by atoms with Gasteiger partial charge in [-0.05, 0) is 19.1 Å². The van der Waals surface area contributed by atoms with Crippen LogP contribution in [0.2, 0.25) is 0 Å². The molecule has 1 aliphatic rings. The van der Waals surface area contributed by atoms with Gasteiger partial charge in [-0.3, -0.25) is 19.8 Å². The summed E-state index contributed by atoms with van der Waals surface area (Å²) in [5, 5.41) is 6.19. The summed E-state index contributed by atoms with van der Waals surface area (Å²) in [7, 11) is 0. The van der Waals surface area contributed by atoms with Crippen LogP contribution in [0.3, 0.4) is 0 Å². The Kier molecular flexibility index (Phi) is 5.22. The lowest BCUT2D eigenvalue weighted by molar-refractivity contribution is -0.126. The monoisotopic (exact) mass is 326 g/mol. The molecule has 1 heterocycles. The molecule has 9 heteroatoms. The van der Waals surface area contributed by atoms with E-state index in [2.05, 4.69) is 16.1 Å². The van der Waals surface area contributed by atoms with Gasteiger partial charge in [-0.25, -0.2) is 13.8 Å². The van der Waals surface area contributed by atoms with Crippen molar-refractivity contribution in [2.75, 3.05) is 18.4 Å². The summed E-state index contributed by atoms with van der Waals surface area (Å²) in [4.78, 5) is 34.5. The van der Waals surface area contributed by atoms with Crippen molar-refractivity contribution >= 4 is 23.4 Å². The molecule has 0 aliphatic carbocycles. The molecule has 1 atom stereocenters. The van der Waals surface area contributed by atoms with Crippen molar-refractivity contribution in [2.24, 2.45) is 0 Å². The molecular formula is C14H16F2N4O3. The van der Waals surface area contributed by atoms with Gasteiger partial charge in [0.1, 0.15) is 0 Å². The highest BCUT2D eigenvalue weighted by molar-refractivity contribution is 5.94. The number of anilines is 1. The third-order valence-corrected chi connectivity index (χ3v) is 3.24. The van der Waals surface area contributed by atoms with Crippen molar-refractivity contribution in [3.05, 3.63) is 29.8 Å². The zero-order valence-corrected chi connectivity index (χ0v) is 12.4. The lowest BCUT2D eigenvalue weighted by Gasteiger charge is -2.19. The van der Waals surface area contributed by atoms with Crippen LogP contribution in [-0.4, -0.2) is 41.9 Å². The van der Waals surface area contributed by atoms with Crippen molar-refractivity contribution in [3.63, 3.8) is 0 Å². The average Bonchev–Trinajstić information content (AvgIpc) is 2.79. The summed E-state index contributed by atoms with van der Waals surface area (Å²) >= 11 is 0. The summed E-state index contributed by atoms with van der Waals surface area (Å²) < 4.78 is 25.8. The fourth-order valence-electron chi connectivity index (χ4n) is 2.06. The number of nitrogens with zero attached hydrogens (tertiary/aromatic N) is 1.